The first kappa shape index (κ1) is 13.4. The van der Waals surface area contributed by atoms with Crippen molar-refractivity contribution in [2.45, 2.75) is 26.4 Å². The number of likely N-dealkylation sites (tertiary alicyclic amines) is 1. The van der Waals surface area contributed by atoms with Crippen molar-refractivity contribution in [2.24, 2.45) is 5.92 Å². The molecule has 1 aromatic rings. The Hall–Kier alpha value is -1.06. The third-order valence-electron chi connectivity index (χ3n) is 3.71. The number of halogens is 1. The molecule has 0 spiro atoms. The summed E-state index contributed by atoms with van der Waals surface area (Å²) in [7, 11) is 0. The van der Waals surface area contributed by atoms with Gasteiger partial charge in [-0.1, -0.05) is 37.6 Å². The van der Waals surface area contributed by atoms with Crippen molar-refractivity contribution in [3.63, 3.8) is 0 Å². The molecule has 1 aliphatic rings. The standard InChI is InChI=1S/C14H18ClNO2/c1-9(2)14(18)7-16(8-14)13(17)11-6-4-5-10(3)12(11)15/h4-6,9,18H,7-8H2,1-3H3. The summed E-state index contributed by atoms with van der Waals surface area (Å²) >= 11 is 6.14. The number of aliphatic hydroxyl groups is 1. The number of nitrogens with zero attached hydrogens (tertiary/aromatic N) is 1. The van der Waals surface area contributed by atoms with Crippen LogP contribution in [-0.2, 0) is 0 Å². The van der Waals surface area contributed by atoms with Crippen LogP contribution in [0.15, 0.2) is 18.2 Å². The van der Waals surface area contributed by atoms with E-state index in [4.69, 9.17) is 11.6 Å². The summed E-state index contributed by atoms with van der Waals surface area (Å²) < 4.78 is 0. The van der Waals surface area contributed by atoms with Crippen LogP contribution in [0, 0.1) is 12.8 Å². The smallest absolute Gasteiger partial charge is 0.255 e. The van der Waals surface area contributed by atoms with Gasteiger partial charge in [0.25, 0.3) is 5.91 Å². The first-order valence-corrected chi connectivity index (χ1v) is 6.50. The number of benzene rings is 1. The van der Waals surface area contributed by atoms with Crippen LogP contribution in [0.5, 0.6) is 0 Å². The Labute approximate surface area is 112 Å². The summed E-state index contributed by atoms with van der Waals surface area (Å²) in [6, 6.07) is 5.42. The van der Waals surface area contributed by atoms with Gasteiger partial charge < -0.3 is 10.0 Å². The molecule has 1 aromatic carbocycles. The molecule has 0 atom stereocenters. The summed E-state index contributed by atoms with van der Waals surface area (Å²) in [5, 5.41) is 10.7. The topological polar surface area (TPSA) is 40.5 Å². The van der Waals surface area contributed by atoms with Crippen molar-refractivity contribution in [3.8, 4) is 0 Å². The maximum atomic E-state index is 12.2. The zero-order chi connectivity index (χ0) is 13.5. The highest BCUT2D eigenvalue weighted by Gasteiger charge is 2.46. The first-order chi connectivity index (χ1) is 8.35. The molecular weight excluding hydrogens is 250 g/mol. The molecule has 1 amide bonds. The zero-order valence-corrected chi connectivity index (χ0v) is 11.7. The number of carbonyl (C=O) groups excluding carboxylic acids is 1. The Morgan fingerprint density at radius 3 is 2.61 bits per heavy atom. The Kier molecular flexibility index (Phi) is 3.39. The molecule has 1 fully saturated rings. The van der Waals surface area contributed by atoms with E-state index in [1.165, 1.54) is 0 Å². The summed E-state index contributed by atoms with van der Waals surface area (Å²) in [5.41, 5.74) is 0.663. The van der Waals surface area contributed by atoms with Gasteiger partial charge in [0.15, 0.2) is 0 Å². The number of hydrogen-bond acceptors (Lipinski definition) is 2. The number of β-amino-alcohol motifs (C(OH)–C–C–N with tert-alkyl or cyclic N) is 1. The van der Waals surface area contributed by atoms with Crippen molar-refractivity contribution < 1.29 is 9.90 Å². The van der Waals surface area contributed by atoms with Crippen LogP contribution in [0.25, 0.3) is 0 Å². The monoisotopic (exact) mass is 267 g/mol. The molecule has 0 saturated carbocycles. The summed E-state index contributed by atoms with van der Waals surface area (Å²) in [4.78, 5) is 13.9. The lowest BCUT2D eigenvalue weighted by Crippen LogP contribution is -2.66. The fourth-order valence-electron chi connectivity index (χ4n) is 2.11. The van der Waals surface area contributed by atoms with Crippen LogP contribution in [0.2, 0.25) is 5.02 Å². The van der Waals surface area contributed by atoms with Gasteiger partial charge in [-0.15, -0.1) is 0 Å². The van der Waals surface area contributed by atoms with Crippen molar-refractivity contribution in [2.75, 3.05) is 13.1 Å². The van der Waals surface area contributed by atoms with Gasteiger partial charge in [0.05, 0.1) is 23.7 Å². The Morgan fingerprint density at radius 1 is 1.44 bits per heavy atom. The molecule has 4 heteroatoms. The lowest BCUT2D eigenvalue weighted by Gasteiger charge is -2.49. The van der Waals surface area contributed by atoms with Gasteiger partial charge in [-0.3, -0.25) is 4.79 Å². The SMILES string of the molecule is Cc1cccc(C(=O)N2CC(O)(C(C)C)C2)c1Cl. The van der Waals surface area contributed by atoms with Gasteiger partial charge in [-0.05, 0) is 24.5 Å². The maximum absolute atomic E-state index is 12.2. The number of carbonyl (C=O) groups is 1. The van der Waals surface area contributed by atoms with E-state index in [0.29, 0.717) is 23.7 Å². The van der Waals surface area contributed by atoms with Gasteiger partial charge in [-0.25, -0.2) is 0 Å². The Bertz CT molecular complexity index is 479. The van der Waals surface area contributed by atoms with E-state index in [9.17, 15) is 9.90 Å². The van der Waals surface area contributed by atoms with E-state index >= 15 is 0 Å². The summed E-state index contributed by atoms with van der Waals surface area (Å²) in [6.45, 7) is 6.56. The van der Waals surface area contributed by atoms with E-state index in [1.54, 1.807) is 11.0 Å². The van der Waals surface area contributed by atoms with Crippen LogP contribution in [0.1, 0.15) is 29.8 Å². The highest BCUT2D eigenvalue weighted by molar-refractivity contribution is 6.34. The molecule has 2 rings (SSSR count). The molecule has 3 nitrogen and oxygen atoms in total. The Balaban J connectivity index is 2.13. The minimum absolute atomic E-state index is 0.103. The highest BCUT2D eigenvalue weighted by atomic mass is 35.5. The fourth-order valence-corrected chi connectivity index (χ4v) is 2.31. The van der Waals surface area contributed by atoms with Crippen LogP contribution in [-0.4, -0.2) is 34.6 Å². The van der Waals surface area contributed by atoms with Gasteiger partial charge in [0.1, 0.15) is 5.60 Å². The van der Waals surface area contributed by atoms with Crippen LogP contribution in [0.3, 0.4) is 0 Å². The molecule has 1 N–H and O–H groups in total. The first-order valence-electron chi connectivity index (χ1n) is 6.12. The molecule has 1 heterocycles. The normalized spacial score (nSPS) is 17.8. The number of aryl methyl sites for hydroxylation is 1. The molecule has 0 aromatic heterocycles. The predicted octanol–water partition coefficient (Wildman–Crippen LogP) is 2.49. The van der Waals surface area contributed by atoms with E-state index in [0.717, 1.165) is 5.56 Å². The van der Waals surface area contributed by atoms with Gasteiger partial charge in [0, 0.05) is 0 Å². The van der Waals surface area contributed by atoms with E-state index in [-0.39, 0.29) is 11.8 Å². The van der Waals surface area contributed by atoms with E-state index in [1.807, 2.05) is 32.9 Å². The molecule has 1 saturated heterocycles. The van der Waals surface area contributed by atoms with Gasteiger partial charge in [0.2, 0.25) is 0 Å². The largest absolute Gasteiger partial charge is 0.386 e. The second kappa shape index (κ2) is 4.56. The molecular formula is C14H18ClNO2. The fraction of sp³-hybridized carbons (Fsp3) is 0.500. The van der Waals surface area contributed by atoms with E-state index in [2.05, 4.69) is 0 Å². The average molecular weight is 268 g/mol. The van der Waals surface area contributed by atoms with Crippen molar-refractivity contribution >= 4 is 17.5 Å². The molecule has 0 aliphatic carbocycles. The number of amides is 1. The molecule has 0 unspecified atom stereocenters. The number of hydrogen-bond donors (Lipinski definition) is 1. The highest BCUT2D eigenvalue weighted by Crippen LogP contribution is 2.31. The molecule has 0 bridgehead atoms. The second-order valence-electron chi connectivity index (χ2n) is 5.36. The minimum Gasteiger partial charge on any atom is -0.386 e. The lowest BCUT2D eigenvalue weighted by molar-refractivity contribution is -0.110. The molecule has 98 valence electrons. The minimum atomic E-state index is -0.744. The summed E-state index contributed by atoms with van der Waals surface area (Å²) in [6.07, 6.45) is 0. The third kappa shape index (κ3) is 2.13. The average Bonchev–Trinajstić information content (AvgIpc) is 2.27. The van der Waals surface area contributed by atoms with E-state index < -0.39 is 5.60 Å². The van der Waals surface area contributed by atoms with Crippen molar-refractivity contribution in [1.29, 1.82) is 0 Å². The molecule has 0 radical (unpaired) electrons. The second-order valence-corrected chi connectivity index (χ2v) is 5.73. The third-order valence-corrected chi connectivity index (χ3v) is 4.22. The van der Waals surface area contributed by atoms with Crippen molar-refractivity contribution in [1.82, 2.24) is 4.90 Å². The van der Waals surface area contributed by atoms with Gasteiger partial charge in [-0.2, -0.15) is 0 Å². The lowest BCUT2D eigenvalue weighted by atomic mass is 9.82. The van der Waals surface area contributed by atoms with Crippen LogP contribution in [0.4, 0.5) is 0 Å². The predicted molar refractivity (Wildman–Crippen MR) is 71.9 cm³/mol. The number of rotatable bonds is 2. The maximum Gasteiger partial charge on any atom is 0.255 e. The quantitative estimate of drug-likeness (QED) is 0.894. The summed E-state index contributed by atoms with van der Waals surface area (Å²) in [5.74, 6) is 0.0450. The van der Waals surface area contributed by atoms with Crippen LogP contribution >= 0.6 is 11.6 Å². The van der Waals surface area contributed by atoms with Crippen LogP contribution < -0.4 is 0 Å². The molecule has 18 heavy (non-hydrogen) atoms. The van der Waals surface area contributed by atoms with Gasteiger partial charge >= 0.3 is 0 Å². The molecule has 1 aliphatic heterocycles. The Morgan fingerprint density at radius 2 is 2.06 bits per heavy atom. The zero-order valence-electron chi connectivity index (χ0n) is 10.9. The van der Waals surface area contributed by atoms with Crippen molar-refractivity contribution in [3.05, 3.63) is 34.3 Å².